The highest BCUT2D eigenvalue weighted by molar-refractivity contribution is 7.89. The monoisotopic (exact) mass is 388 g/mol. The van der Waals surface area contributed by atoms with Crippen molar-refractivity contribution in [2.24, 2.45) is 0 Å². The molecule has 0 spiro atoms. The van der Waals surface area contributed by atoms with Crippen molar-refractivity contribution in [3.63, 3.8) is 0 Å². The van der Waals surface area contributed by atoms with E-state index in [0.717, 1.165) is 0 Å². The number of anilines is 1. The lowest BCUT2D eigenvalue weighted by atomic mass is 10.3. The Labute approximate surface area is 149 Å². The van der Waals surface area contributed by atoms with E-state index in [1.54, 1.807) is 24.3 Å². The Balaban J connectivity index is 2.00. The Bertz CT molecular complexity index is 839. The lowest BCUT2D eigenvalue weighted by Gasteiger charge is -2.09. The summed E-state index contributed by atoms with van der Waals surface area (Å²) in [6.07, 6.45) is 0. The van der Waals surface area contributed by atoms with Gasteiger partial charge in [0.2, 0.25) is 15.9 Å². The van der Waals surface area contributed by atoms with Crippen LogP contribution in [0, 0.1) is 0 Å². The van der Waals surface area contributed by atoms with E-state index in [2.05, 4.69) is 10.0 Å². The van der Waals surface area contributed by atoms with Gasteiger partial charge in [0.05, 0.1) is 18.7 Å². The van der Waals surface area contributed by atoms with Gasteiger partial charge in [-0.05, 0) is 42.5 Å². The van der Waals surface area contributed by atoms with Gasteiger partial charge in [0.1, 0.15) is 10.6 Å². The molecule has 0 saturated heterocycles. The number of sulfonamides is 1. The van der Waals surface area contributed by atoms with Gasteiger partial charge >= 0.3 is 0 Å². The van der Waals surface area contributed by atoms with Crippen molar-refractivity contribution in [3.05, 3.63) is 52.5 Å². The molecule has 0 aliphatic carbocycles. The largest absolute Gasteiger partial charge is 0.497 e. The fourth-order valence-electron chi connectivity index (χ4n) is 1.80. The average Bonchev–Trinajstić information content (AvgIpc) is 2.56. The fourth-order valence-corrected chi connectivity index (χ4v) is 3.54. The SMILES string of the molecule is COc1ccc(NC(=O)CNS(=O)(=O)c2cc(Cl)ccc2Cl)cc1. The lowest BCUT2D eigenvalue weighted by molar-refractivity contribution is -0.115. The van der Waals surface area contributed by atoms with E-state index in [-0.39, 0.29) is 14.9 Å². The molecule has 2 aromatic carbocycles. The van der Waals surface area contributed by atoms with Crippen molar-refractivity contribution in [3.8, 4) is 5.75 Å². The van der Waals surface area contributed by atoms with Crippen molar-refractivity contribution >= 4 is 44.8 Å². The predicted molar refractivity (Wildman–Crippen MR) is 93.3 cm³/mol. The first-order chi connectivity index (χ1) is 11.3. The molecule has 2 aromatic rings. The van der Waals surface area contributed by atoms with Crippen molar-refractivity contribution in [1.29, 1.82) is 0 Å². The highest BCUT2D eigenvalue weighted by Gasteiger charge is 2.19. The van der Waals surface area contributed by atoms with Crippen molar-refractivity contribution in [2.75, 3.05) is 19.0 Å². The number of benzene rings is 2. The number of rotatable bonds is 6. The molecule has 6 nitrogen and oxygen atoms in total. The van der Waals surface area contributed by atoms with Gasteiger partial charge < -0.3 is 10.1 Å². The van der Waals surface area contributed by atoms with E-state index in [4.69, 9.17) is 27.9 Å². The zero-order chi connectivity index (χ0) is 17.7. The molecule has 0 aliphatic heterocycles. The molecule has 1 amide bonds. The summed E-state index contributed by atoms with van der Waals surface area (Å²) in [4.78, 5) is 11.7. The quantitative estimate of drug-likeness (QED) is 0.796. The number of methoxy groups -OCH3 is 1. The minimum atomic E-state index is -3.96. The Morgan fingerprint density at radius 1 is 1.12 bits per heavy atom. The summed E-state index contributed by atoms with van der Waals surface area (Å²) in [6.45, 7) is -0.447. The first-order valence-electron chi connectivity index (χ1n) is 6.70. The van der Waals surface area contributed by atoms with E-state index >= 15 is 0 Å². The standard InChI is InChI=1S/C15H14Cl2N2O4S/c1-23-12-5-3-11(4-6-12)19-15(20)9-18-24(21,22)14-8-10(16)2-7-13(14)17/h2-8,18H,9H2,1H3,(H,19,20). The van der Waals surface area contributed by atoms with E-state index in [9.17, 15) is 13.2 Å². The molecular formula is C15H14Cl2N2O4S. The van der Waals surface area contributed by atoms with Crippen LogP contribution in [0.1, 0.15) is 0 Å². The molecule has 128 valence electrons. The van der Waals surface area contributed by atoms with Crippen LogP contribution in [0.15, 0.2) is 47.4 Å². The van der Waals surface area contributed by atoms with Crippen LogP contribution < -0.4 is 14.8 Å². The summed E-state index contributed by atoms with van der Waals surface area (Å²) in [6, 6.07) is 10.7. The number of hydrogen-bond acceptors (Lipinski definition) is 4. The normalized spacial score (nSPS) is 11.1. The Morgan fingerprint density at radius 3 is 2.42 bits per heavy atom. The molecule has 0 fully saturated rings. The van der Waals surface area contributed by atoms with Gasteiger partial charge in [0, 0.05) is 10.7 Å². The number of amides is 1. The van der Waals surface area contributed by atoms with Crippen LogP contribution in [-0.2, 0) is 14.8 Å². The second-order valence-electron chi connectivity index (χ2n) is 4.68. The molecule has 0 unspecified atom stereocenters. The molecule has 2 rings (SSSR count). The maximum Gasteiger partial charge on any atom is 0.242 e. The summed E-state index contributed by atoms with van der Waals surface area (Å²) in [5, 5.41) is 2.80. The third-order valence-electron chi connectivity index (χ3n) is 2.98. The summed E-state index contributed by atoms with van der Waals surface area (Å²) < 4.78 is 31.6. The fraction of sp³-hybridized carbons (Fsp3) is 0.133. The maximum absolute atomic E-state index is 12.2. The van der Waals surface area contributed by atoms with E-state index in [0.29, 0.717) is 11.4 Å². The van der Waals surface area contributed by atoms with Crippen LogP contribution in [-0.4, -0.2) is 28.0 Å². The van der Waals surface area contributed by atoms with Crippen LogP contribution in [0.3, 0.4) is 0 Å². The average molecular weight is 389 g/mol. The van der Waals surface area contributed by atoms with Crippen LogP contribution >= 0.6 is 23.2 Å². The van der Waals surface area contributed by atoms with Crippen molar-refractivity contribution < 1.29 is 17.9 Å². The smallest absolute Gasteiger partial charge is 0.242 e. The third-order valence-corrected chi connectivity index (χ3v) is 5.10. The number of nitrogens with one attached hydrogen (secondary N) is 2. The Hall–Kier alpha value is -1.80. The van der Waals surface area contributed by atoms with E-state index in [1.165, 1.54) is 25.3 Å². The molecule has 0 aliphatic rings. The number of carbonyl (C=O) groups excluding carboxylic acids is 1. The van der Waals surface area contributed by atoms with Gasteiger partial charge in [-0.3, -0.25) is 4.79 Å². The van der Waals surface area contributed by atoms with E-state index < -0.39 is 22.5 Å². The number of halogens is 2. The van der Waals surface area contributed by atoms with Crippen LogP contribution in [0.25, 0.3) is 0 Å². The summed E-state index contributed by atoms with van der Waals surface area (Å²) in [5.41, 5.74) is 0.515. The van der Waals surface area contributed by atoms with E-state index in [1.807, 2.05) is 0 Å². The topological polar surface area (TPSA) is 84.5 Å². The molecule has 0 heterocycles. The Morgan fingerprint density at radius 2 is 1.79 bits per heavy atom. The number of ether oxygens (including phenoxy) is 1. The van der Waals surface area contributed by atoms with Crippen LogP contribution in [0.4, 0.5) is 5.69 Å². The van der Waals surface area contributed by atoms with Crippen molar-refractivity contribution in [1.82, 2.24) is 4.72 Å². The van der Waals surface area contributed by atoms with Crippen LogP contribution in [0.2, 0.25) is 10.0 Å². The summed E-state index contributed by atoms with van der Waals surface area (Å²) >= 11 is 11.6. The van der Waals surface area contributed by atoms with Gasteiger partial charge in [-0.1, -0.05) is 23.2 Å². The molecule has 9 heteroatoms. The molecule has 0 aromatic heterocycles. The van der Waals surface area contributed by atoms with Gasteiger partial charge in [-0.2, -0.15) is 0 Å². The Kier molecular flexibility index (Phi) is 6.06. The third kappa shape index (κ3) is 4.85. The highest BCUT2D eigenvalue weighted by Crippen LogP contribution is 2.24. The molecule has 0 atom stereocenters. The zero-order valence-electron chi connectivity index (χ0n) is 12.5. The number of carbonyl (C=O) groups is 1. The first-order valence-corrected chi connectivity index (χ1v) is 8.94. The molecule has 0 saturated carbocycles. The summed E-state index contributed by atoms with van der Waals surface area (Å²) in [7, 11) is -2.43. The molecule has 24 heavy (non-hydrogen) atoms. The minimum absolute atomic E-state index is 0.0162. The zero-order valence-corrected chi connectivity index (χ0v) is 14.9. The van der Waals surface area contributed by atoms with Gasteiger partial charge in [0.15, 0.2) is 0 Å². The minimum Gasteiger partial charge on any atom is -0.497 e. The van der Waals surface area contributed by atoms with Gasteiger partial charge in [-0.15, -0.1) is 0 Å². The first kappa shape index (κ1) is 18.5. The molecule has 0 radical (unpaired) electrons. The second kappa shape index (κ2) is 7.85. The van der Waals surface area contributed by atoms with Crippen LogP contribution in [0.5, 0.6) is 5.75 Å². The van der Waals surface area contributed by atoms with Crippen molar-refractivity contribution in [2.45, 2.75) is 4.90 Å². The van der Waals surface area contributed by atoms with Gasteiger partial charge in [-0.25, -0.2) is 13.1 Å². The molecular weight excluding hydrogens is 375 g/mol. The van der Waals surface area contributed by atoms with Gasteiger partial charge in [0.25, 0.3) is 0 Å². The number of hydrogen-bond donors (Lipinski definition) is 2. The predicted octanol–water partition coefficient (Wildman–Crippen LogP) is 2.92. The highest BCUT2D eigenvalue weighted by atomic mass is 35.5. The summed E-state index contributed by atoms with van der Waals surface area (Å²) in [5.74, 6) is 0.117. The second-order valence-corrected chi connectivity index (χ2v) is 7.25. The maximum atomic E-state index is 12.2. The lowest BCUT2D eigenvalue weighted by Crippen LogP contribution is -2.33. The molecule has 0 bridgehead atoms. The molecule has 2 N–H and O–H groups in total.